The lowest BCUT2D eigenvalue weighted by Gasteiger charge is -2.12. The number of hydrogen-bond donors (Lipinski definition) is 3. The number of fused-ring (bicyclic) bond motifs is 1. The number of ketones is 2. The van der Waals surface area contributed by atoms with Gasteiger partial charge in [0.1, 0.15) is 11.4 Å². The Balaban J connectivity index is 1.68. The van der Waals surface area contributed by atoms with Crippen LogP contribution in [-0.2, 0) is 4.79 Å². The Morgan fingerprint density at radius 3 is 2.62 bits per heavy atom. The Kier molecular flexibility index (Phi) is 6.61. The largest absolute Gasteiger partial charge is 0.359 e. The van der Waals surface area contributed by atoms with Crippen LogP contribution in [-0.4, -0.2) is 46.4 Å². The average Bonchev–Trinajstić information content (AvgIpc) is 3.18. The van der Waals surface area contributed by atoms with Crippen LogP contribution in [0.5, 0.6) is 0 Å². The van der Waals surface area contributed by atoms with E-state index in [1.807, 2.05) is 6.07 Å². The van der Waals surface area contributed by atoms with Gasteiger partial charge in [-0.15, -0.1) is 11.8 Å². The van der Waals surface area contributed by atoms with Crippen LogP contribution in [0.25, 0.3) is 0 Å². The third-order valence-electron chi connectivity index (χ3n) is 4.31. The zero-order valence-electron chi connectivity index (χ0n) is 15.8. The second-order valence-electron chi connectivity index (χ2n) is 6.32. The first-order chi connectivity index (χ1) is 14.0. The molecule has 1 aliphatic rings. The van der Waals surface area contributed by atoms with E-state index in [1.165, 1.54) is 17.8 Å². The molecule has 1 aromatic heterocycles. The van der Waals surface area contributed by atoms with Gasteiger partial charge in [0.15, 0.2) is 0 Å². The summed E-state index contributed by atoms with van der Waals surface area (Å²) in [4.78, 5) is 49.3. The number of anilines is 1. The van der Waals surface area contributed by atoms with Crippen LogP contribution in [0.2, 0.25) is 0 Å². The van der Waals surface area contributed by atoms with Gasteiger partial charge in [0.05, 0.1) is 10.5 Å². The lowest BCUT2D eigenvalue weighted by molar-refractivity contribution is -0.120. The van der Waals surface area contributed by atoms with Crippen LogP contribution in [0, 0.1) is 0 Å². The van der Waals surface area contributed by atoms with Gasteiger partial charge in [0.2, 0.25) is 17.5 Å². The van der Waals surface area contributed by atoms with Gasteiger partial charge in [-0.2, -0.15) is 5.10 Å². The van der Waals surface area contributed by atoms with Gasteiger partial charge < -0.3 is 10.6 Å². The van der Waals surface area contributed by atoms with Gasteiger partial charge in [0.25, 0.3) is 5.91 Å². The highest BCUT2D eigenvalue weighted by Crippen LogP contribution is 2.30. The van der Waals surface area contributed by atoms with Crippen molar-refractivity contribution in [2.75, 3.05) is 18.1 Å². The molecular formula is C20H20N4O4S. The maximum absolute atomic E-state index is 12.9. The fourth-order valence-electron chi connectivity index (χ4n) is 2.80. The maximum Gasteiger partial charge on any atom is 0.274 e. The number of rotatable bonds is 8. The summed E-state index contributed by atoms with van der Waals surface area (Å²) in [6, 6.07) is 8.79. The Bertz CT molecular complexity index is 982. The molecule has 2 aromatic rings. The maximum atomic E-state index is 12.9. The number of H-pyrrole nitrogens is 1. The third kappa shape index (κ3) is 4.80. The van der Waals surface area contributed by atoms with Crippen LogP contribution in [0.1, 0.15) is 50.6 Å². The number of nitrogens with one attached hydrogen (secondary N) is 3. The number of benzene rings is 1. The number of para-hydroxylation sites is 1. The van der Waals surface area contributed by atoms with Crippen LogP contribution in [0.15, 0.2) is 41.3 Å². The van der Waals surface area contributed by atoms with E-state index in [9.17, 15) is 19.2 Å². The summed E-state index contributed by atoms with van der Waals surface area (Å²) < 4.78 is 0. The number of thioether (sulfide) groups is 1. The SMILES string of the molecule is CNC(=O)CCCCSC1=CC(=O)c2n[nH]c(C(=O)Nc3ccccc3)c2C1=O. The van der Waals surface area contributed by atoms with Crippen molar-refractivity contribution >= 4 is 40.8 Å². The highest BCUT2D eigenvalue weighted by atomic mass is 32.2. The lowest BCUT2D eigenvalue weighted by Crippen LogP contribution is -2.20. The van der Waals surface area contributed by atoms with Crippen molar-refractivity contribution < 1.29 is 19.2 Å². The van der Waals surface area contributed by atoms with Crippen LogP contribution < -0.4 is 10.6 Å². The van der Waals surface area contributed by atoms with Crippen molar-refractivity contribution in [1.29, 1.82) is 0 Å². The van der Waals surface area contributed by atoms with Gasteiger partial charge in [0, 0.05) is 25.2 Å². The van der Waals surface area contributed by atoms with Crippen molar-refractivity contribution in [1.82, 2.24) is 15.5 Å². The number of amides is 2. The molecule has 0 unspecified atom stereocenters. The number of nitrogens with zero attached hydrogens (tertiary/aromatic N) is 1. The molecule has 3 N–H and O–H groups in total. The van der Waals surface area contributed by atoms with Gasteiger partial charge in [-0.1, -0.05) is 18.2 Å². The molecule has 0 radical (unpaired) electrons. The van der Waals surface area contributed by atoms with Crippen LogP contribution >= 0.6 is 11.8 Å². The summed E-state index contributed by atoms with van der Waals surface area (Å²) in [5, 5.41) is 11.6. The van der Waals surface area contributed by atoms with E-state index < -0.39 is 17.5 Å². The van der Waals surface area contributed by atoms with E-state index in [4.69, 9.17) is 0 Å². The second kappa shape index (κ2) is 9.33. The summed E-state index contributed by atoms with van der Waals surface area (Å²) in [6.07, 6.45) is 3.08. The highest BCUT2D eigenvalue weighted by molar-refractivity contribution is 8.04. The van der Waals surface area contributed by atoms with Gasteiger partial charge in [-0.25, -0.2) is 0 Å². The molecule has 1 aromatic carbocycles. The Labute approximate surface area is 171 Å². The minimum absolute atomic E-state index is 0.00112. The van der Waals surface area contributed by atoms with Crippen molar-refractivity contribution in [2.45, 2.75) is 19.3 Å². The first kappa shape index (κ1) is 20.5. The molecule has 0 aliphatic heterocycles. The predicted octanol–water partition coefficient (Wildman–Crippen LogP) is 2.57. The van der Waals surface area contributed by atoms with Crippen LogP contribution in [0.4, 0.5) is 5.69 Å². The van der Waals surface area contributed by atoms with E-state index in [-0.39, 0.29) is 27.8 Å². The smallest absolute Gasteiger partial charge is 0.274 e. The topological polar surface area (TPSA) is 121 Å². The zero-order valence-corrected chi connectivity index (χ0v) is 16.6. The van der Waals surface area contributed by atoms with Crippen molar-refractivity contribution in [3.8, 4) is 0 Å². The number of unbranched alkanes of at least 4 members (excludes halogenated alkanes) is 1. The standard InChI is InChI=1S/C20H20N4O4S/c1-21-15(26)9-5-6-10-29-14-11-13(25)17-16(19(14)27)18(24-23-17)20(28)22-12-7-3-2-4-8-12/h2-4,7-8,11H,5-6,9-10H2,1H3,(H,21,26)(H,22,28)(H,23,24). The molecule has 0 atom stereocenters. The first-order valence-corrected chi connectivity index (χ1v) is 10.1. The van der Waals surface area contributed by atoms with Crippen molar-refractivity contribution in [2.24, 2.45) is 0 Å². The summed E-state index contributed by atoms with van der Waals surface area (Å²) in [6.45, 7) is 0. The van der Waals surface area contributed by atoms with E-state index >= 15 is 0 Å². The normalized spacial score (nSPS) is 12.9. The molecule has 9 heteroatoms. The van der Waals surface area contributed by atoms with Gasteiger partial charge in [-0.3, -0.25) is 24.3 Å². The lowest BCUT2D eigenvalue weighted by atomic mass is 9.99. The Hall–Kier alpha value is -3.20. The summed E-state index contributed by atoms with van der Waals surface area (Å²) >= 11 is 1.25. The highest BCUT2D eigenvalue weighted by Gasteiger charge is 2.33. The fraction of sp³-hybridized carbons (Fsp3) is 0.250. The number of carbonyl (C=O) groups is 4. The molecule has 0 bridgehead atoms. The average molecular weight is 412 g/mol. The molecule has 150 valence electrons. The number of aromatic nitrogens is 2. The van der Waals surface area contributed by atoms with Gasteiger partial charge in [-0.05, 0) is 30.7 Å². The molecule has 3 rings (SSSR count). The summed E-state index contributed by atoms with van der Waals surface area (Å²) in [7, 11) is 1.59. The number of Topliss-reactive ketones (excluding diaryl/α,β-unsaturated/α-hetero) is 1. The molecule has 0 saturated carbocycles. The fourth-order valence-corrected chi connectivity index (χ4v) is 3.79. The predicted molar refractivity (Wildman–Crippen MR) is 110 cm³/mol. The second-order valence-corrected chi connectivity index (χ2v) is 7.46. The minimum atomic E-state index is -0.539. The molecule has 1 aliphatic carbocycles. The number of allylic oxidation sites excluding steroid dienone is 2. The monoisotopic (exact) mass is 412 g/mol. The van der Waals surface area contributed by atoms with Crippen LogP contribution in [0.3, 0.4) is 0 Å². The first-order valence-electron chi connectivity index (χ1n) is 9.10. The van der Waals surface area contributed by atoms with E-state index in [1.54, 1.807) is 31.3 Å². The Morgan fingerprint density at radius 2 is 1.90 bits per heavy atom. The molecule has 0 saturated heterocycles. The summed E-state index contributed by atoms with van der Waals surface area (Å²) in [5.74, 6) is -0.802. The van der Waals surface area contributed by atoms with Crippen molar-refractivity contribution in [3.05, 3.63) is 58.3 Å². The van der Waals surface area contributed by atoms with E-state index in [2.05, 4.69) is 20.8 Å². The molecule has 1 heterocycles. The molecular weight excluding hydrogens is 392 g/mol. The number of hydrogen-bond acceptors (Lipinski definition) is 6. The number of carbonyl (C=O) groups excluding carboxylic acids is 4. The Morgan fingerprint density at radius 1 is 1.14 bits per heavy atom. The van der Waals surface area contributed by atoms with E-state index in [0.717, 1.165) is 6.42 Å². The number of aromatic amines is 1. The quantitative estimate of drug-likeness (QED) is 0.573. The molecule has 8 nitrogen and oxygen atoms in total. The van der Waals surface area contributed by atoms with E-state index in [0.29, 0.717) is 24.3 Å². The minimum Gasteiger partial charge on any atom is -0.359 e. The summed E-state index contributed by atoms with van der Waals surface area (Å²) in [5.41, 5.74) is 0.487. The molecule has 2 amide bonds. The molecule has 29 heavy (non-hydrogen) atoms. The molecule has 0 spiro atoms. The van der Waals surface area contributed by atoms with Gasteiger partial charge >= 0.3 is 0 Å². The molecule has 0 fully saturated rings. The third-order valence-corrected chi connectivity index (χ3v) is 5.41. The zero-order chi connectivity index (χ0) is 20.8. The van der Waals surface area contributed by atoms with Crippen molar-refractivity contribution in [3.63, 3.8) is 0 Å².